The number of fused-ring (bicyclic) bond motifs is 1. The summed E-state index contributed by atoms with van der Waals surface area (Å²) in [5.41, 5.74) is 1.19. The van der Waals surface area contributed by atoms with Gasteiger partial charge in [-0.1, -0.05) is 19.9 Å². The Kier molecular flexibility index (Phi) is 6.71. The maximum absolute atomic E-state index is 12.9. The van der Waals surface area contributed by atoms with Gasteiger partial charge in [-0.25, -0.2) is 4.98 Å². The molecule has 1 atom stereocenters. The van der Waals surface area contributed by atoms with Crippen molar-refractivity contribution in [1.82, 2.24) is 25.2 Å². The van der Waals surface area contributed by atoms with E-state index in [1.54, 1.807) is 30.1 Å². The first-order valence-corrected chi connectivity index (χ1v) is 9.89. The summed E-state index contributed by atoms with van der Waals surface area (Å²) in [6.45, 7) is 4.01. The fourth-order valence-electron chi connectivity index (χ4n) is 3.26. The van der Waals surface area contributed by atoms with Crippen LogP contribution in [0.2, 0.25) is 0 Å². The molecule has 164 valence electrons. The number of hydrogen-bond donors (Lipinski definition) is 5. The van der Waals surface area contributed by atoms with E-state index in [9.17, 15) is 19.5 Å². The number of carbonyl (C=O) groups excluding carboxylic acids is 1. The van der Waals surface area contributed by atoms with Gasteiger partial charge in [0.25, 0.3) is 5.91 Å². The third kappa shape index (κ3) is 5.28. The lowest BCUT2D eigenvalue weighted by atomic mass is 10.1. The molecule has 2 heterocycles. The molecule has 0 bridgehead atoms. The van der Waals surface area contributed by atoms with Crippen LogP contribution in [-0.4, -0.2) is 50.1 Å². The number of benzene rings is 1. The maximum Gasteiger partial charge on any atom is 0.322 e. The Morgan fingerprint density at radius 2 is 2.06 bits per heavy atom. The third-order valence-corrected chi connectivity index (χ3v) is 4.76. The SMILES string of the molecule is CC(C)N[C@@H](CNC(=O)c1cn(C)c2cc(CNc3ncc[nH]3)ccc2c1=O)C(=O)O. The summed E-state index contributed by atoms with van der Waals surface area (Å²) in [6, 6.07) is 4.37. The second-order valence-electron chi connectivity index (χ2n) is 7.55. The predicted molar refractivity (Wildman–Crippen MR) is 117 cm³/mol. The quantitative estimate of drug-likeness (QED) is 0.344. The van der Waals surface area contributed by atoms with E-state index in [1.807, 2.05) is 26.0 Å². The first-order chi connectivity index (χ1) is 14.8. The van der Waals surface area contributed by atoms with E-state index < -0.39 is 23.3 Å². The van der Waals surface area contributed by atoms with Crippen LogP contribution in [-0.2, 0) is 18.4 Å². The van der Waals surface area contributed by atoms with Gasteiger partial charge in [-0.05, 0) is 17.7 Å². The Balaban J connectivity index is 1.79. The highest BCUT2D eigenvalue weighted by molar-refractivity contribution is 5.97. The molecule has 10 heteroatoms. The van der Waals surface area contributed by atoms with Gasteiger partial charge in [0, 0.05) is 50.2 Å². The highest BCUT2D eigenvalue weighted by atomic mass is 16.4. The molecule has 3 aromatic rings. The number of hydrogen-bond acceptors (Lipinski definition) is 6. The lowest BCUT2D eigenvalue weighted by Crippen LogP contribution is -2.49. The lowest BCUT2D eigenvalue weighted by molar-refractivity contribution is -0.139. The second-order valence-corrected chi connectivity index (χ2v) is 7.55. The predicted octanol–water partition coefficient (Wildman–Crippen LogP) is 1.05. The number of aromatic nitrogens is 3. The van der Waals surface area contributed by atoms with Crippen molar-refractivity contribution in [3.8, 4) is 0 Å². The summed E-state index contributed by atoms with van der Waals surface area (Å²) in [5.74, 6) is -1.04. The molecule has 5 N–H and O–H groups in total. The first-order valence-electron chi connectivity index (χ1n) is 9.89. The smallest absolute Gasteiger partial charge is 0.322 e. The van der Waals surface area contributed by atoms with Crippen LogP contribution in [0.5, 0.6) is 0 Å². The second kappa shape index (κ2) is 9.43. The van der Waals surface area contributed by atoms with E-state index in [4.69, 9.17) is 0 Å². The highest BCUT2D eigenvalue weighted by Crippen LogP contribution is 2.15. The van der Waals surface area contributed by atoms with E-state index in [0.717, 1.165) is 5.56 Å². The maximum atomic E-state index is 12.9. The van der Waals surface area contributed by atoms with Crippen LogP contribution in [0.3, 0.4) is 0 Å². The Labute approximate surface area is 178 Å². The zero-order valence-electron chi connectivity index (χ0n) is 17.6. The van der Waals surface area contributed by atoms with Crippen molar-refractivity contribution in [3.05, 3.63) is 58.1 Å². The molecule has 1 aromatic carbocycles. The van der Waals surface area contributed by atoms with Crippen LogP contribution in [0, 0.1) is 0 Å². The normalized spacial score (nSPS) is 12.1. The van der Waals surface area contributed by atoms with E-state index in [-0.39, 0.29) is 18.2 Å². The van der Waals surface area contributed by atoms with Crippen LogP contribution in [0.15, 0.2) is 41.6 Å². The monoisotopic (exact) mass is 426 g/mol. The fraction of sp³-hybridized carbons (Fsp3) is 0.333. The minimum atomic E-state index is -1.07. The average molecular weight is 426 g/mol. The van der Waals surface area contributed by atoms with Crippen molar-refractivity contribution < 1.29 is 14.7 Å². The first kappa shape index (κ1) is 22.0. The number of aromatic amines is 1. The van der Waals surface area contributed by atoms with Crippen LogP contribution in [0.25, 0.3) is 10.9 Å². The number of carboxylic acid groups (broad SMARTS) is 1. The van der Waals surface area contributed by atoms with Gasteiger partial charge in [-0.15, -0.1) is 0 Å². The number of amides is 1. The number of imidazole rings is 1. The Hall–Kier alpha value is -3.66. The summed E-state index contributed by atoms with van der Waals surface area (Å²) < 4.78 is 1.71. The summed E-state index contributed by atoms with van der Waals surface area (Å²) in [5, 5.41) is 18.3. The number of H-pyrrole nitrogens is 1. The Morgan fingerprint density at radius 1 is 1.29 bits per heavy atom. The third-order valence-electron chi connectivity index (χ3n) is 4.76. The van der Waals surface area contributed by atoms with Gasteiger partial charge < -0.3 is 30.6 Å². The fourth-order valence-corrected chi connectivity index (χ4v) is 3.26. The van der Waals surface area contributed by atoms with Crippen molar-refractivity contribution in [1.29, 1.82) is 0 Å². The van der Waals surface area contributed by atoms with Gasteiger partial charge in [0.2, 0.25) is 5.43 Å². The largest absolute Gasteiger partial charge is 0.480 e. The van der Waals surface area contributed by atoms with E-state index >= 15 is 0 Å². The summed E-state index contributed by atoms with van der Waals surface area (Å²) in [7, 11) is 1.75. The van der Waals surface area contributed by atoms with Gasteiger partial charge in [-0.3, -0.25) is 14.4 Å². The van der Waals surface area contributed by atoms with Gasteiger partial charge in [0.1, 0.15) is 11.6 Å². The van der Waals surface area contributed by atoms with E-state index in [2.05, 4.69) is 25.9 Å². The minimum absolute atomic E-state index is 0.0369. The van der Waals surface area contributed by atoms with Crippen LogP contribution < -0.4 is 21.4 Å². The standard InChI is InChI=1S/C21H26N6O4/c1-12(2)26-16(20(30)31)10-24-19(29)15-11-27(3)17-8-13(4-5-14(17)18(15)28)9-25-21-22-6-7-23-21/h4-8,11-12,16,26H,9-10H2,1-3H3,(H,24,29)(H,30,31)(H2,22,23,25)/t16-/m0/s1. The van der Waals surface area contributed by atoms with Crippen molar-refractivity contribution in [3.63, 3.8) is 0 Å². The average Bonchev–Trinajstić information content (AvgIpc) is 3.25. The molecule has 0 aliphatic carbocycles. The number of nitrogens with one attached hydrogen (secondary N) is 4. The molecule has 2 aromatic heterocycles. The summed E-state index contributed by atoms with van der Waals surface area (Å²) in [6.07, 6.45) is 4.84. The van der Waals surface area contributed by atoms with Gasteiger partial charge >= 0.3 is 5.97 Å². The molecule has 3 rings (SSSR count). The number of rotatable bonds is 9. The number of pyridine rings is 1. The molecule has 0 spiro atoms. The van der Waals surface area contributed by atoms with Gasteiger partial charge in [0.15, 0.2) is 5.95 Å². The van der Waals surface area contributed by atoms with E-state index in [0.29, 0.717) is 23.4 Å². The number of anilines is 1. The number of aryl methyl sites for hydroxylation is 1. The van der Waals surface area contributed by atoms with E-state index in [1.165, 1.54) is 6.20 Å². The van der Waals surface area contributed by atoms with Crippen molar-refractivity contribution in [2.24, 2.45) is 7.05 Å². The summed E-state index contributed by atoms with van der Waals surface area (Å²) >= 11 is 0. The minimum Gasteiger partial charge on any atom is -0.480 e. The van der Waals surface area contributed by atoms with Crippen molar-refractivity contribution in [2.75, 3.05) is 11.9 Å². The zero-order chi connectivity index (χ0) is 22.5. The molecular formula is C21H26N6O4. The Morgan fingerprint density at radius 3 is 2.71 bits per heavy atom. The lowest BCUT2D eigenvalue weighted by Gasteiger charge is -2.18. The van der Waals surface area contributed by atoms with Crippen molar-refractivity contribution >= 4 is 28.7 Å². The topological polar surface area (TPSA) is 141 Å². The van der Waals surface area contributed by atoms with Crippen LogP contribution in [0.1, 0.15) is 29.8 Å². The molecule has 0 saturated carbocycles. The highest BCUT2D eigenvalue weighted by Gasteiger charge is 2.21. The molecule has 0 radical (unpaired) electrons. The molecule has 10 nitrogen and oxygen atoms in total. The van der Waals surface area contributed by atoms with Gasteiger partial charge in [0.05, 0.1) is 5.52 Å². The van der Waals surface area contributed by atoms with Crippen LogP contribution >= 0.6 is 0 Å². The molecule has 1 amide bonds. The zero-order valence-corrected chi connectivity index (χ0v) is 17.6. The molecule has 0 saturated heterocycles. The van der Waals surface area contributed by atoms with Gasteiger partial charge in [-0.2, -0.15) is 0 Å². The molecule has 0 aliphatic rings. The Bertz CT molecular complexity index is 1140. The molecule has 0 fully saturated rings. The molecular weight excluding hydrogens is 400 g/mol. The molecule has 0 unspecified atom stereocenters. The van der Waals surface area contributed by atoms with Crippen molar-refractivity contribution in [2.45, 2.75) is 32.5 Å². The summed E-state index contributed by atoms with van der Waals surface area (Å²) in [4.78, 5) is 43.9. The molecule has 31 heavy (non-hydrogen) atoms. The number of nitrogens with zero attached hydrogens (tertiary/aromatic N) is 2. The number of aliphatic carboxylic acids is 1. The number of carbonyl (C=O) groups is 2. The number of carboxylic acids is 1. The molecule has 0 aliphatic heterocycles. The van der Waals surface area contributed by atoms with Crippen LogP contribution in [0.4, 0.5) is 5.95 Å².